The van der Waals surface area contributed by atoms with Crippen LogP contribution in [0.4, 0.5) is 0 Å². The van der Waals surface area contributed by atoms with E-state index in [0.29, 0.717) is 0 Å². The number of nitrogens with zero attached hydrogens (tertiary/aromatic N) is 1. The molecule has 0 aliphatic rings. The van der Waals surface area contributed by atoms with E-state index in [-0.39, 0.29) is 0 Å². The van der Waals surface area contributed by atoms with Gasteiger partial charge in [-0.1, -0.05) is 12.1 Å². The molecule has 0 radical (unpaired) electrons. The summed E-state index contributed by atoms with van der Waals surface area (Å²) in [5, 5.41) is 9.54. The predicted molar refractivity (Wildman–Crippen MR) is 41.9 cm³/mol. The number of rotatable bonds is 0. The van der Waals surface area contributed by atoms with E-state index < -0.39 is 0 Å². The molecule has 0 spiro atoms. The molecular formula is C7H7NP+. The average Bonchev–Trinajstić information content (AvgIpc) is 1.89. The summed E-state index contributed by atoms with van der Waals surface area (Å²) in [6, 6.07) is 9.67. The van der Waals surface area contributed by atoms with Crippen LogP contribution in [-0.2, 0) is 0 Å². The van der Waals surface area contributed by atoms with Gasteiger partial charge in [0.05, 0.1) is 5.56 Å². The molecule has 0 saturated heterocycles. The summed E-state index contributed by atoms with van der Waals surface area (Å²) < 4.78 is 0. The third kappa shape index (κ3) is 1.28. The molecule has 1 unspecified atom stereocenters. The van der Waals surface area contributed by atoms with E-state index in [4.69, 9.17) is 5.26 Å². The summed E-state index contributed by atoms with van der Waals surface area (Å²) in [6.45, 7) is 0. The van der Waals surface area contributed by atoms with Crippen molar-refractivity contribution >= 4 is 14.5 Å². The Labute approximate surface area is 56.5 Å². The summed E-state index contributed by atoms with van der Waals surface area (Å²) in [6.07, 6.45) is 0. The van der Waals surface area contributed by atoms with Crippen molar-refractivity contribution in [3.05, 3.63) is 29.8 Å². The summed E-state index contributed by atoms with van der Waals surface area (Å²) in [5.74, 6) is 0. The first kappa shape index (κ1) is 6.26. The van der Waals surface area contributed by atoms with Crippen LogP contribution in [0.15, 0.2) is 24.3 Å². The Morgan fingerprint density at radius 2 is 2.00 bits per heavy atom. The first-order chi connectivity index (χ1) is 4.34. The molecular weight excluding hydrogens is 129 g/mol. The zero-order valence-corrected chi connectivity index (χ0v) is 6.38. The Morgan fingerprint density at radius 1 is 1.33 bits per heavy atom. The van der Waals surface area contributed by atoms with Gasteiger partial charge in [-0.05, 0) is 12.1 Å². The summed E-state index contributed by atoms with van der Waals surface area (Å²) in [4.78, 5) is 0. The highest BCUT2D eigenvalue weighted by molar-refractivity contribution is 7.27. The van der Waals surface area contributed by atoms with Crippen molar-refractivity contribution in [1.29, 1.82) is 5.26 Å². The minimum atomic E-state index is 0.774. The second-order valence-electron chi connectivity index (χ2n) is 1.77. The standard InChI is InChI=1S/C7H6NP/c8-5-6-3-1-2-4-7(6)9/h1-4H,9H2/p+1. The molecule has 1 nitrogen and oxygen atoms in total. The summed E-state index contributed by atoms with van der Waals surface area (Å²) in [7, 11) is 1.74. The fraction of sp³-hybridized carbons (Fsp3) is 0. The fourth-order valence-corrected chi connectivity index (χ4v) is 0.962. The minimum Gasteiger partial charge on any atom is -0.192 e. The molecule has 0 bridgehead atoms. The highest BCUT2D eigenvalue weighted by atomic mass is 31.0. The molecule has 0 heterocycles. The van der Waals surface area contributed by atoms with Gasteiger partial charge >= 0.3 is 0 Å². The maximum Gasteiger partial charge on any atom is 0.104 e. The number of hydrogen-bond acceptors (Lipinski definition) is 1. The van der Waals surface area contributed by atoms with Crippen molar-refractivity contribution < 1.29 is 0 Å². The van der Waals surface area contributed by atoms with Crippen LogP contribution in [0.3, 0.4) is 0 Å². The lowest BCUT2D eigenvalue weighted by molar-refractivity contribution is 1.50. The largest absolute Gasteiger partial charge is 0.192 e. The van der Waals surface area contributed by atoms with E-state index in [1.165, 1.54) is 0 Å². The smallest absolute Gasteiger partial charge is 0.104 e. The van der Waals surface area contributed by atoms with Gasteiger partial charge in [0, 0.05) is 9.24 Å². The fourth-order valence-electron chi connectivity index (χ4n) is 0.629. The van der Waals surface area contributed by atoms with Crippen LogP contribution in [0.2, 0.25) is 0 Å². The molecule has 0 aliphatic heterocycles. The second-order valence-corrected chi connectivity index (χ2v) is 2.53. The SMILES string of the molecule is N#Cc1ccccc1[PH3+]. The van der Waals surface area contributed by atoms with Gasteiger partial charge in [0.2, 0.25) is 0 Å². The second kappa shape index (κ2) is 2.62. The lowest BCUT2D eigenvalue weighted by Gasteiger charge is -1.85. The Kier molecular flexibility index (Phi) is 1.82. The molecule has 0 aliphatic carbocycles. The monoisotopic (exact) mass is 136 g/mol. The van der Waals surface area contributed by atoms with Crippen LogP contribution in [0.25, 0.3) is 0 Å². The molecule has 44 valence electrons. The third-order valence-electron chi connectivity index (χ3n) is 1.14. The van der Waals surface area contributed by atoms with E-state index >= 15 is 0 Å². The Hall–Kier alpha value is -0.860. The third-order valence-corrected chi connectivity index (χ3v) is 1.75. The predicted octanol–water partition coefficient (Wildman–Crippen LogP) is 0.791. The van der Waals surface area contributed by atoms with E-state index in [9.17, 15) is 0 Å². The summed E-state index contributed by atoms with van der Waals surface area (Å²) >= 11 is 0. The van der Waals surface area contributed by atoms with Crippen LogP contribution >= 0.6 is 9.24 Å². The van der Waals surface area contributed by atoms with Gasteiger partial charge in [0.15, 0.2) is 0 Å². The molecule has 1 aromatic carbocycles. The van der Waals surface area contributed by atoms with E-state index in [1.54, 1.807) is 9.24 Å². The quantitative estimate of drug-likeness (QED) is 0.484. The zero-order chi connectivity index (χ0) is 6.69. The van der Waals surface area contributed by atoms with Crippen LogP contribution < -0.4 is 5.30 Å². The Morgan fingerprint density at radius 3 is 2.44 bits per heavy atom. The van der Waals surface area contributed by atoms with Crippen LogP contribution in [-0.4, -0.2) is 0 Å². The van der Waals surface area contributed by atoms with Crippen molar-refractivity contribution in [2.75, 3.05) is 0 Å². The van der Waals surface area contributed by atoms with Crippen LogP contribution in [0.1, 0.15) is 5.56 Å². The lowest BCUT2D eigenvalue weighted by atomic mass is 10.2. The molecule has 1 atom stereocenters. The van der Waals surface area contributed by atoms with Crippen molar-refractivity contribution in [3.8, 4) is 6.07 Å². The van der Waals surface area contributed by atoms with Crippen LogP contribution in [0.5, 0.6) is 0 Å². The Balaban J connectivity index is 3.20. The molecule has 2 heteroatoms. The van der Waals surface area contributed by atoms with E-state index in [1.807, 2.05) is 24.3 Å². The first-order valence-electron chi connectivity index (χ1n) is 2.65. The maximum atomic E-state index is 8.47. The highest BCUT2D eigenvalue weighted by Gasteiger charge is 1.95. The van der Waals surface area contributed by atoms with E-state index in [2.05, 4.69) is 6.07 Å². The van der Waals surface area contributed by atoms with Gasteiger partial charge in [-0.2, -0.15) is 5.26 Å². The molecule has 0 saturated carbocycles. The normalized spacial score (nSPS) is 8.78. The van der Waals surface area contributed by atoms with Crippen molar-refractivity contribution in [3.63, 3.8) is 0 Å². The first-order valence-corrected chi connectivity index (χ1v) is 3.36. The van der Waals surface area contributed by atoms with Gasteiger partial charge in [-0.25, -0.2) is 0 Å². The van der Waals surface area contributed by atoms with Gasteiger partial charge < -0.3 is 0 Å². The van der Waals surface area contributed by atoms with Gasteiger partial charge in [-0.3, -0.25) is 0 Å². The number of nitriles is 1. The zero-order valence-electron chi connectivity index (χ0n) is 4.96. The molecule has 0 fully saturated rings. The highest BCUT2D eigenvalue weighted by Crippen LogP contribution is 1.96. The lowest BCUT2D eigenvalue weighted by Crippen LogP contribution is -1.94. The molecule has 0 aromatic heterocycles. The summed E-state index contributed by atoms with van der Waals surface area (Å²) in [5.41, 5.74) is 0.774. The molecule has 9 heavy (non-hydrogen) atoms. The molecule has 0 amide bonds. The number of benzene rings is 1. The number of hydrogen-bond donors (Lipinski definition) is 0. The van der Waals surface area contributed by atoms with Crippen LogP contribution in [0, 0.1) is 11.3 Å². The topological polar surface area (TPSA) is 23.8 Å². The average molecular weight is 136 g/mol. The Bertz CT molecular complexity index is 249. The van der Waals surface area contributed by atoms with Gasteiger partial charge in [0.25, 0.3) is 0 Å². The molecule has 1 rings (SSSR count). The van der Waals surface area contributed by atoms with Crippen molar-refractivity contribution in [2.45, 2.75) is 0 Å². The molecule has 0 N–H and O–H groups in total. The molecule has 1 aromatic rings. The maximum absolute atomic E-state index is 8.47. The van der Waals surface area contributed by atoms with Gasteiger partial charge in [-0.15, -0.1) is 0 Å². The van der Waals surface area contributed by atoms with Crippen molar-refractivity contribution in [2.24, 2.45) is 0 Å². The van der Waals surface area contributed by atoms with Gasteiger partial charge in [0.1, 0.15) is 11.4 Å². The van der Waals surface area contributed by atoms with Crippen molar-refractivity contribution in [1.82, 2.24) is 0 Å². The minimum absolute atomic E-state index is 0.774. The van der Waals surface area contributed by atoms with E-state index in [0.717, 1.165) is 10.9 Å².